The van der Waals surface area contributed by atoms with Crippen LogP contribution in [0.5, 0.6) is 0 Å². The van der Waals surface area contributed by atoms with Gasteiger partial charge in [0.2, 0.25) is 0 Å². The Balaban J connectivity index is 2.23. The smallest absolute Gasteiger partial charge is 0.123 e. The van der Waals surface area contributed by atoms with Crippen LogP contribution in [0.3, 0.4) is 0 Å². The number of alkyl halides is 1. The number of hydrogen-bond donors (Lipinski definition) is 0. The number of rotatable bonds is 4. The van der Waals surface area contributed by atoms with Crippen LogP contribution in [0.15, 0.2) is 46.9 Å². The van der Waals surface area contributed by atoms with Crippen molar-refractivity contribution in [1.82, 2.24) is 0 Å². The number of benzene rings is 2. The van der Waals surface area contributed by atoms with Gasteiger partial charge in [-0.25, -0.2) is 4.39 Å². The molecule has 2 aromatic carbocycles. The van der Waals surface area contributed by atoms with Gasteiger partial charge in [0.15, 0.2) is 0 Å². The molecule has 100 valence electrons. The second kappa shape index (κ2) is 6.67. The molecular weight excluding hydrogens is 371 g/mol. The Morgan fingerprint density at radius 1 is 1.11 bits per heavy atom. The molecule has 0 aliphatic heterocycles. The molecule has 0 aliphatic rings. The van der Waals surface area contributed by atoms with Crippen LogP contribution in [0.4, 0.5) is 4.39 Å². The lowest BCUT2D eigenvalue weighted by atomic mass is 9.92. The number of halogens is 3. The van der Waals surface area contributed by atoms with Crippen molar-refractivity contribution in [1.29, 1.82) is 0 Å². The first-order valence-electron chi connectivity index (χ1n) is 6.16. The van der Waals surface area contributed by atoms with Crippen LogP contribution in [0.25, 0.3) is 0 Å². The summed E-state index contributed by atoms with van der Waals surface area (Å²) in [4.78, 5) is 0. The van der Waals surface area contributed by atoms with E-state index in [1.165, 1.54) is 11.6 Å². The Labute approximate surface area is 130 Å². The monoisotopic (exact) mass is 384 g/mol. The van der Waals surface area contributed by atoms with E-state index in [1.54, 1.807) is 6.07 Å². The summed E-state index contributed by atoms with van der Waals surface area (Å²) in [6.45, 7) is 2.03. The highest BCUT2D eigenvalue weighted by Gasteiger charge is 2.13. The molecule has 0 spiro atoms. The molecule has 0 amide bonds. The van der Waals surface area contributed by atoms with E-state index >= 15 is 0 Å². The Morgan fingerprint density at radius 2 is 1.79 bits per heavy atom. The largest absolute Gasteiger partial charge is 0.207 e. The Bertz CT molecular complexity index is 549. The van der Waals surface area contributed by atoms with Crippen LogP contribution >= 0.6 is 31.9 Å². The second-order valence-electron chi connectivity index (χ2n) is 4.68. The lowest BCUT2D eigenvalue weighted by Crippen LogP contribution is -2.06. The van der Waals surface area contributed by atoms with E-state index in [9.17, 15) is 4.39 Å². The maximum absolute atomic E-state index is 13.3. The summed E-state index contributed by atoms with van der Waals surface area (Å²) in [7, 11) is 0. The maximum atomic E-state index is 13.3. The molecule has 0 heterocycles. The molecular formula is C16H15Br2F. The molecule has 2 aromatic rings. The quantitative estimate of drug-likeness (QED) is 0.599. The summed E-state index contributed by atoms with van der Waals surface area (Å²) in [5, 5.41) is 0.866. The first kappa shape index (κ1) is 14.7. The van der Waals surface area contributed by atoms with Crippen molar-refractivity contribution in [3.63, 3.8) is 0 Å². The molecule has 0 radical (unpaired) electrons. The van der Waals surface area contributed by atoms with Gasteiger partial charge < -0.3 is 0 Å². The normalized spacial score (nSPS) is 12.4. The molecule has 3 heteroatoms. The van der Waals surface area contributed by atoms with Crippen molar-refractivity contribution >= 4 is 31.9 Å². The molecule has 0 N–H and O–H groups in total. The van der Waals surface area contributed by atoms with E-state index in [0.717, 1.165) is 27.4 Å². The zero-order chi connectivity index (χ0) is 13.8. The molecule has 0 saturated carbocycles. The van der Waals surface area contributed by atoms with E-state index in [0.29, 0.717) is 5.92 Å². The first-order valence-corrected chi connectivity index (χ1v) is 8.08. The van der Waals surface area contributed by atoms with Gasteiger partial charge in [-0.15, -0.1) is 0 Å². The van der Waals surface area contributed by atoms with E-state index in [4.69, 9.17) is 0 Å². The number of hydrogen-bond acceptors (Lipinski definition) is 0. The summed E-state index contributed by atoms with van der Waals surface area (Å²) in [5.41, 5.74) is 3.49. The Hall–Kier alpha value is -0.670. The van der Waals surface area contributed by atoms with Gasteiger partial charge in [0, 0.05) is 9.80 Å². The molecule has 0 aromatic heterocycles. The molecule has 19 heavy (non-hydrogen) atoms. The van der Waals surface area contributed by atoms with Crippen molar-refractivity contribution in [2.24, 2.45) is 0 Å². The van der Waals surface area contributed by atoms with E-state index in [1.807, 2.05) is 25.1 Å². The fraction of sp³-hybridized carbons (Fsp3) is 0.250. The van der Waals surface area contributed by atoms with Crippen molar-refractivity contribution in [3.8, 4) is 0 Å². The molecule has 0 nitrogen and oxygen atoms in total. The SMILES string of the molecule is Cc1ccc(F)cc1CC(CBr)c1ccc(Br)cc1. The topological polar surface area (TPSA) is 0 Å². The fourth-order valence-corrected chi connectivity index (χ4v) is 2.99. The predicted octanol–water partition coefficient (Wildman–Crippen LogP) is 5.62. The van der Waals surface area contributed by atoms with Gasteiger partial charge in [-0.3, -0.25) is 0 Å². The second-order valence-corrected chi connectivity index (χ2v) is 6.24. The van der Waals surface area contributed by atoms with Crippen molar-refractivity contribution in [3.05, 3.63) is 69.4 Å². The zero-order valence-corrected chi connectivity index (χ0v) is 13.8. The standard InChI is InChI=1S/C16H15Br2F/c1-11-2-7-16(19)9-13(11)8-14(10-17)12-3-5-15(18)6-4-12/h2-7,9,14H,8,10H2,1H3. The van der Waals surface area contributed by atoms with Gasteiger partial charge in [-0.1, -0.05) is 50.1 Å². The van der Waals surface area contributed by atoms with Crippen molar-refractivity contribution in [2.45, 2.75) is 19.3 Å². The Kier molecular flexibility index (Phi) is 5.17. The minimum absolute atomic E-state index is 0.162. The van der Waals surface area contributed by atoms with Crippen LogP contribution in [-0.2, 0) is 6.42 Å². The van der Waals surface area contributed by atoms with Gasteiger partial charge in [0.05, 0.1) is 0 Å². The molecule has 2 rings (SSSR count). The molecule has 0 bridgehead atoms. The predicted molar refractivity (Wildman–Crippen MR) is 85.5 cm³/mol. The van der Waals surface area contributed by atoms with E-state index in [-0.39, 0.29) is 5.82 Å². The highest BCUT2D eigenvalue weighted by Crippen LogP contribution is 2.26. The molecule has 1 unspecified atom stereocenters. The summed E-state index contributed by atoms with van der Waals surface area (Å²) in [6.07, 6.45) is 0.844. The molecule has 0 saturated heterocycles. The van der Waals surface area contributed by atoms with Crippen molar-refractivity contribution < 1.29 is 4.39 Å². The summed E-state index contributed by atoms with van der Waals surface area (Å²) < 4.78 is 14.4. The minimum Gasteiger partial charge on any atom is -0.207 e. The highest BCUT2D eigenvalue weighted by atomic mass is 79.9. The van der Waals surface area contributed by atoms with Crippen LogP contribution in [0.1, 0.15) is 22.6 Å². The van der Waals surface area contributed by atoms with Crippen LogP contribution in [0, 0.1) is 12.7 Å². The Morgan fingerprint density at radius 3 is 2.42 bits per heavy atom. The third-order valence-electron chi connectivity index (χ3n) is 3.31. The lowest BCUT2D eigenvalue weighted by Gasteiger charge is -2.16. The van der Waals surface area contributed by atoms with Crippen LogP contribution in [0.2, 0.25) is 0 Å². The lowest BCUT2D eigenvalue weighted by molar-refractivity contribution is 0.622. The third-order valence-corrected chi connectivity index (χ3v) is 4.62. The first-order chi connectivity index (χ1) is 9.10. The maximum Gasteiger partial charge on any atom is 0.123 e. The van der Waals surface area contributed by atoms with Crippen molar-refractivity contribution in [2.75, 3.05) is 5.33 Å². The summed E-state index contributed by atoms with van der Waals surface area (Å²) in [5.74, 6) is 0.193. The fourth-order valence-electron chi connectivity index (χ4n) is 2.12. The number of aryl methyl sites for hydroxylation is 1. The summed E-state index contributed by atoms with van der Waals surface area (Å²) in [6, 6.07) is 13.3. The average molecular weight is 386 g/mol. The highest BCUT2D eigenvalue weighted by molar-refractivity contribution is 9.10. The van der Waals surface area contributed by atoms with Gasteiger partial charge in [0.25, 0.3) is 0 Å². The van der Waals surface area contributed by atoms with Gasteiger partial charge in [-0.2, -0.15) is 0 Å². The average Bonchev–Trinajstić information content (AvgIpc) is 2.41. The zero-order valence-electron chi connectivity index (χ0n) is 10.7. The van der Waals surface area contributed by atoms with Crippen LogP contribution < -0.4 is 0 Å². The minimum atomic E-state index is -0.162. The van der Waals surface area contributed by atoms with Crippen LogP contribution in [-0.4, -0.2) is 5.33 Å². The van der Waals surface area contributed by atoms with E-state index < -0.39 is 0 Å². The molecule has 0 fully saturated rings. The third kappa shape index (κ3) is 3.90. The van der Waals surface area contributed by atoms with Gasteiger partial charge >= 0.3 is 0 Å². The van der Waals surface area contributed by atoms with E-state index in [2.05, 4.69) is 44.0 Å². The molecule has 0 aliphatic carbocycles. The van der Waals surface area contributed by atoms with Gasteiger partial charge in [-0.05, 0) is 60.2 Å². The summed E-state index contributed by atoms with van der Waals surface area (Å²) >= 11 is 7.01. The molecule has 1 atom stereocenters. The van der Waals surface area contributed by atoms with Gasteiger partial charge in [0.1, 0.15) is 5.82 Å².